The van der Waals surface area contributed by atoms with Crippen LogP contribution in [0.1, 0.15) is 65.7 Å². The number of hydrogen-bond donors (Lipinski definition) is 11. The van der Waals surface area contributed by atoms with Crippen molar-refractivity contribution in [2.24, 2.45) is 45.4 Å². The van der Waals surface area contributed by atoms with Crippen molar-refractivity contribution >= 4 is 52.8 Å². The summed E-state index contributed by atoms with van der Waals surface area (Å²) in [6.07, 6.45) is -6.50. The van der Waals surface area contributed by atoms with Gasteiger partial charge in [0.05, 0.1) is 36.3 Å². The van der Waals surface area contributed by atoms with E-state index in [0.29, 0.717) is 0 Å². The van der Waals surface area contributed by atoms with Crippen molar-refractivity contribution in [3.8, 4) is 0 Å². The Hall–Kier alpha value is -4.05. The molecule has 282 valence electrons. The van der Waals surface area contributed by atoms with E-state index in [2.05, 4.69) is 5.32 Å². The summed E-state index contributed by atoms with van der Waals surface area (Å²) in [4.78, 5) is 124. The van der Waals surface area contributed by atoms with Gasteiger partial charge in [-0.3, -0.25) is 38.4 Å². The number of ketones is 5. The highest BCUT2D eigenvalue weighted by atomic mass is 16.4. The first-order valence-electron chi connectivity index (χ1n) is 15.8. The van der Waals surface area contributed by atoms with E-state index in [1.165, 1.54) is 13.8 Å². The number of aliphatic hydroxyl groups excluding tert-OH is 1. The van der Waals surface area contributed by atoms with E-state index in [1.807, 2.05) is 0 Å². The summed E-state index contributed by atoms with van der Waals surface area (Å²) < 4.78 is 0. The monoisotopic (exact) mass is 716 g/mol. The first kappa shape index (κ1) is 44.0. The highest BCUT2D eigenvalue weighted by Crippen LogP contribution is 2.54. The zero-order valence-corrected chi connectivity index (χ0v) is 28.0. The van der Waals surface area contributed by atoms with Gasteiger partial charge in [0.2, 0.25) is 5.41 Å². The largest absolute Gasteiger partial charge is 0.481 e. The van der Waals surface area contributed by atoms with Gasteiger partial charge in [-0.15, -0.1) is 0 Å². The van der Waals surface area contributed by atoms with Crippen LogP contribution in [0.25, 0.3) is 0 Å². The van der Waals surface area contributed by atoms with Gasteiger partial charge in [0.1, 0.15) is 0 Å². The van der Waals surface area contributed by atoms with E-state index in [-0.39, 0.29) is 19.4 Å². The fourth-order valence-corrected chi connectivity index (χ4v) is 6.41. The second kappa shape index (κ2) is 17.2. The molecule has 50 heavy (non-hydrogen) atoms. The van der Waals surface area contributed by atoms with Crippen LogP contribution in [0.3, 0.4) is 0 Å². The van der Waals surface area contributed by atoms with Crippen molar-refractivity contribution in [1.29, 1.82) is 0 Å². The number of carboxylic acid groups (broad SMARTS) is 4. The van der Waals surface area contributed by atoms with E-state index in [4.69, 9.17) is 28.7 Å². The number of nitrogens with one attached hydrogen (secondary N) is 1. The van der Waals surface area contributed by atoms with Crippen LogP contribution in [0, 0.1) is 16.7 Å². The van der Waals surface area contributed by atoms with Crippen LogP contribution in [0.5, 0.6) is 0 Å². The zero-order chi connectivity index (χ0) is 39.1. The van der Waals surface area contributed by atoms with Crippen molar-refractivity contribution in [2.75, 3.05) is 6.54 Å². The molecule has 0 aliphatic carbocycles. The molecule has 0 radical (unpaired) electrons. The van der Waals surface area contributed by atoms with E-state index in [0.717, 1.165) is 6.92 Å². The molecule has 1 aliphatic heterocycles. The molecule has 9 unspecified atom stereocenters. The van der Waals surface area contributed by atoms with E-state index >= 15 is 0 Å². The standard InChI is InChI=1S/C30H48N6O14/c1-12(2)11-16(33)21(42)28(26(47)48,24(45)17-5-4-10-36-17)29(25(46)20(34)13(3)37,22(43)14(31)6-8-18(38)39)30(35,27(49)50)23(44)15(32)7-9-19(40)41/h12-17,20,36-37H,4-11,31-35H2,1-3H3,(H,38,39)(H,40,41)(H,47,48)(H,49,50). The molecule has 1 heterocycles. The Morgan fingerprint density at radius 1 is 0.720 bits per heavy atom. The Labute approximate surface area is 286 Å². The summed E-state index contributed by atoms with van der Waals surface area (Å²) in [6, 6.07) is -11.1. The normalized spacial score (nSPS) is 21.3. The molecule has 0 bridgehead atoms. The number of Topliss-reactive ketones (excluding diaryl/α,β-unsaturated/α-hetero) is 5. The third-order valence-electron chi connectivity index (χ3n) is 8.95. The highest BCUT2D eigenvalue weighted by Gasteiger charge is 2.84. The Morgan fingerprint density at radius 2 is 1.20 bits per heavy atom. The molecule has 0 spiro atoms. The van der Waals surface area contributed by atoms with Gasteiger partial charge in [-0.05, 0) is 51.5 Å². The first-order valence-corrected chi connectivity index (χ1v) is 15.8. The number of hydrogen-bond acceptors (Lipinski definition) is 16. The molecule has 20 nitrogen and oxygen atoms in total. The topological polar surface area (TPSA) is 397 Å². The third kappa shape index (κ3) is 7.96. The maximum Gasteiger partial charge on any atom is 0.333 e. The van der Waals surface area contributed by atoms with Crippen LogP contribution < -0.4 is 34.0 Å². The predicted octanol–water partition coefficient (Wildman–Crippen LogP) is -4.11. The van der Waals surface area contributed by atoms with Gasteiger partial charge in [0, 0.05) is 12.8 Å². The zero-order valence-electron chi connectivity index (χ0n) is 28.0. The molecule has 0 amide bonds. The second-order valence-electron chi connectivity index (χ2n) is 13.0. The van der Waals surface area contributed by atoms with Crippen LogP contribution in [-0.2, 0) is 43.2 Å². The van der Waals surface area contributed by atoms with Gasteiger partial charge in [-0.2, -0.15) is 0 Å². The second-order valence-corrected chi connectivity index (χ2v) is 13.0. The van der Waals surface area contributed by atoms with Crippen LogP contribution >= 0.6 is 0 Å². The van der Waals surface area contributed by atoms with Crippen molar-refractivity contribution in [3.05, 3.63) is 0 Å². The first-order chi connectivity index (χ1) is 22.9. The maximum absolute atomic E-state index is 15.0. The van der Waals surface area contributed by atoms with Crippen LogP contribution in [0.4, 0.5) is 0 Å². The molecular formula is C30H48N6O14. The lowest BCUT2D eigenvalue weighted by Crippen LogP contribution is -2.86. The van der Waals surface area contributed by atoms with Crippen molar-refractivity contribution in [2.45, 2.75) is 108 Å². The lowest BCUT2D eigenvalue weighted by Gasteiger charge is -2.53. The minimum atomic E-state index is -4.54. The fraction of sp³-hybridized carbons (Fsp3) is 0.700. The van der Waals surface area contributed by atoms with E-state index < -0.39 is 143 Å². The SMILES string of the molecule is CC(C)CC(N)C(=O)C(C(=O)O)(C(=O)C1CCCN1)C(C(=O)C(N)CCC(=O)O)(C(=O)C(N)C(C)O)C(N)(C(=O)O)C(=O)C(N)CCC(=O)O. The number of aliphatic hydroxyl groups is 1. The van der Waals surface area contributed by atoms with Gasteiger partial charge >= 0.3 is 23.9 Å². The van der Waals surface area contributed by atoms with Gasteiger partial charge in [-0.25, -0.2) is 4.79 Å². The molecule has 1 rings (SSSR count). The quantitative estimate of drug-likeness (QED) is 0.0447. The predicted molar refractivity (Wildman–Crippen MR) is 170 cm³/mol. The Morgan fingerprint density at radius 3 is 1.56 bits per heavy atom. The molecule has 0 saturated carbocycles. The minimum absolute atomic E-state index is 0.0181. The van der Waals surface area contributed by atoms with Gasteiger partial charge in [0.25, 0.3) is 0 Å². The Bertz CT molecular complexity index is 1380. The fourth-order valence-electron chi connectivity index (χ4n) is 6.41. The molecule has 1 aliphatic rings. The number of aliphatic carboxylic acids is 4. The third-order valence-corrected chi connectivity index (χ3v) is 8.95. The molecule has 20 heteroatoms. The van der Waals surface area contributed by atoms with Gasteiger partial charge in [-0.1, -0.05) is 13.8 Å². The molecule has 1 fully saturated rings. The number of rotatable bonds is 23. The maximum atomic E-state index is 15.0. The van der Waals surface area contributed by atoms with Crippen molar-refractivity contribution < 1.29 is 68.7 Å². The van der Waals surface area contributed by atoms with Crippen LogP contribution in [0.2, 0.25) is 0 Å². The molecule has 0 aromatic heterocycles. The number of carbonyl (C=O) groups is 9. The summed E-state index contributed by atoms with van der Waals surface area (Å²) in [5, 5.41) is 53.6. The smallest absolute Gasteiger partial charge is 0.333 e. The summed E-state index contributed by atoms with van der Waals surface area (Å²) in [5.74, 6) is -19.4. The van der Waals surface area contributed by atoms with E-state index in [1.54, 1.807) is 0 Å². The molecular weight excluding hydrogens is 668 g/mol. The van der Waals surface area contributed by atoms with E-state index in [9.17, 15) is 68.7 Å². The molecule has 0 aromatic rings. The molecule has 1 saturated heterocycles. The van der Waals surface area contributed by atoms with Crippen molar-refractivity contribution in [1.82, 2.24) is 5.32 Å². The summed E-state index contributed by atoms with van der Waals surface area (Å²) in [5.41, 5.74) is 17.1. The molecule has 9 atom stereocenters. The number of nitrogens with two attached hydrogens (primary N) is 5. The number of carboxylic acids is 4. The van der Waals surface area contributed by atoms with Gasteiger partial charge in [0.15, 0.2) is 39.9 Å². The Kier molecular flexibility index (Phi) is 15.2. The van der Waals surface area contributed by atoms with Gasteiger partial charge < -0.3 is 59.5 Å². The number of carbonyl (C=O) groups excluding carboxylic acids is 5. The Balaban J connectivity index is 4.93. The summed E-state index contributed by atoms with van der Waals surface area (Å²) in [7, 11) is 0. The van der Waals surface area contributed by atoms with Crippen LogP contribution in [-0.4, -0.2) is 127 Å². The highest BCUT2D eigenvalue weighted by molar-refractivity contribution is 6.37. The van der Waals surface area contributed by atoms with Crippen LogP contribution in [0.15, 0.2) is 0 Å². The van der Waals surface area contributed by atoms with Crippen molar-refractivity contribution in [3.63, 3.8) is 0 Å². The summed E-state index contributed by atoms with van der Waals surface area (Å²) in [6.45, 7) is 3.88. The molecule has 16 N–H and O–H groups in total. The average molecular weight is 717 g/mol. The lowest BCUT2D eigenvalue weighted by atomic mass is 9.43. The average Bonchev–Trinajstić information content (AvgIpc) is 3.57. The minimum Gasteiger partial charge on any atom is -0.481 e. The lowest BCUT2D eigenvalue weighted by molar-refractivity contribution is -0.191. The molecule has 0 aromatic carbocycles. The summed E-state index contributed by atoms with van der Waals surface area (Å²) >= 11 is 0.